The molecule has 0 bridgehead atoms. The summed E-state index contributed by atoms with van der Waals surface area (Å²) in [6.45, 7) is 0. The van der Waals surface area contributed by atoms with E-state index >= 15 is 0 Å². The van der Waals surface area contributed by atoms with Gasteiger partial charge in [-0.25, -0.2) is 9.98 Å². The van der Waals surface area contributed by atoms with E-state index in [1.54, 1.807) is 22.7 Å². The van der Waals surface area contributed by atoms with Gasteiger partial charge < -0.3 is 0 Å². The summed E-state index contributed by atoms with van der Waals surface area (Å²) < 4.78 is 4.29. The van der Waals surface area contributed by atoms with Crippen molar-refractivity contribution in [3.63, 3.8) is 0 Å². The van der Waals surface area contributed by atoms with Crippen LogP contribution < -0.4 is 9.34 Å². The van der Waals surface area contributed by atoms with Gasteiger partial charge in [0.25, 0.3) is 0 Å². The highest BCUT2D eigenvalue weighted by Gasteiger charge is 2.04. The first kappa shape index (κ1) is 19.1. The average molecular weight is 447 g/mol. The lowest BCUT2D eigenvalue weighted by molar-refractivity contribution is 1.34. The van der Waals surface area contributed by atoms with E-state index in [4.69, 9.17) is 9.98 Å². The topological polar surface area (TPSA) is 24.7 Å². The fourth-order valence-corrected chi connectivity index (χ4v) is 5.99. The minimum absolute atomic E-state index is 0.929. The summed E-state index contributed by atoms with van der Waals surface area (Å²) in [4.78, 5) is 10.3. The van der Waals surface area contributed by atoms with Crippen molar-refractivity contribution in [1.29, 1.82) is 0 Å². The monoisotopic (exact) mass is 446 g/mol. The van der Waals surface area contributed by atoms with Gasteiger partial charge >= 0.3 is 0 Å². The zero-order chi connectivity index (χ0) is 21.3. The smallest absolute Gasteiger partial charge is 0.153 e. The van der Waals surface area contributed by atoms with Crippen LogP contribution in [0.3, 0.4) is 0 Å². The van der Waals surface area contributed by atoms with Crippen molar-refractivity contribution in [1.82, 2.24) is 0 Å². The fraction of sp³-hybridized carbons (Fsp3) is 0. The Morgan fingerprint density at radius 3 is 1.31 bits per heavy atom. The normalized spacial score (nSPS) is 12.8. The van der Waals surface area contributed by atoms with Crippen molar-refractivity contribution in [2.45, 2.75) is 0 Å². The van der Waals surface area contributed by atoms with Crippen LogP contribution in [0.25, 0.3) is 30.9 Å². The van der Waals surface area contributed by atoms with Gasteiger partial charge in [-0.3, -0.25) is 0 Å². The summed E-state index contributed by atoms with van der Waals surface area (Å²) in [5.41, 5.74) is 1.94. The van der Waals surface area contributed by atoms with E-state index in [9.17, 15) is 0 Å². The molecule has 0 unspecified atom stereocenters. The zero-order valence-corrected chi connectivity index (χ0v) is 18.7. The lowest BCUT2D eigenvalue weighted by atomic mass is 10.1. The lowest BCUT2D eigenvalue weighted by Gasteiger charge is -2.03. The molecule has 0 atom stereocenters. The van der Waals surface area contributed by atoms with Gasteiger partial charge in [0.2, 0.25) is 0 Å². The Bertz CT molecular complexity index is 1600. The summed E-state index contributed by atoms with van der Waals surface area (Å²) in [6.07, 6.45) is 0. The molecule has 0 aliphatic rings. The maximum Gasteiger partial charge on any atom is 0.153 e. The van der Waals surface area contributed by atoms with Crippen LogP contribution in [0, 0.1) is 0 Å². The van der Waals surface area contributed by atoms with Gasteiger partial charge in [0, 0.05) is 20.2 Å². The summed E-state index contributed by atoms with van der Waals surface area (Å²) >= 11 is 3.38. The van der Waals surface area contributed by atoms with E-state index in [2.05, 4.69) is 109 Å². The molecule has 0 aliphatic heterocycles. The molecule has 0 amide bonds. The Hall–Kier alpha value is -3.60. The van der Waals surface area contributed by atoms with Gasteiger partial charge in [0.05, 0.1) is 11.4 Å². The van der Waals surface area contributed by atoms with Crippen molar-refractivity contribution in [2.24, 2.45) is 9.98 Å². The van der Waals surface area contributed by atoms with Crippen LogP contribution in [0.5, 0.6) is 0 Å². The van der Waals surface area contributed by atoms with Gasteiger partial charge in [-0.1, -0.05) is 84.9 Å². The molecule has 5 aromatic carbocycles. The maximum atomic E-state index is 5.13. The quantitative estimate of drug-likeness (QED) is 0.260. The Labute approximate surface area is 193 Å². The van der Waals surface area contributed by atoms with Crippen LogP contribution in [0.4, 0.5) is 11.4 Å². The fourth-order valence-electron chi connectivity index (χ4n) is 3.89. The third-order valence-electron chi connectivity index (χ3n) is 5.42. The predicted octanol–water partition coefficient (Wildman–Crippen LogP) is 7.73. The zero-order valence-electron chi connectivity index (χ0n) is 17.1. The van der Waals surface area contributed by atoms with Gasteiger partial charge in [0.15, 0.2) is 9.34 Å². The summed E-state index contributed by atoms with van der Waals surface area (Å²) in [5, 5.41) is 4.68. The molecule has 0 saturated heterocycles. The van der Waals surface area contributed by atoms with Gasteiger partial charge in [-0.2, -0.15) is 0 Å². The van der Waals surface area contributed by atoms with E-state index in [-0.39, 0.29) is 0 Å². The maximum absolute atomic E-state index is 5.13. The predicted molar refractivity (Wildman–Crippen MR) is 138 cm³/mol. The number of fused-ring (bicyclic) bond motifs is 3. The number of rotatable bonds is 2. The van der Waals surface area contributed by atoms with E-state index < -0.39 is 0 Å². The molecule has 4 heteroatoms. The van der Waals surface area contributed by atoms with E-state index in [1.165, 1.54) is 20.2 Å². The largest absolute Gasteiger partial charge is 0.234 e. The Morgan fingerprint density at radius 1 is 0.406 bits per heavy atom. The summed E-state index contributed by atoms with van der Waals surface area (Å²) in [5.74, 6) is 0. The van der Waals surface area contributed by atoms with Crippen LogP contribution in [-0.2, 0) is 0 Å². The molecule has 0 radical (unpaired) electrons. The first-order valence-electron chi connectivity index (χ1n) is 10.4. The van der Waals surface area contributed by atoms with Crippen molar-refractivity contribution < 1.29 is 0 Å². The molecule has 1 heterocycles. The Balaban J connectivity index is 1.69. The molecule has 0 saturated carbocycles. The molecule has 2 nitrogen and oxygen atoms in total. The van der Waals surface area contributed by atoms with E-state index in [1.807, 2.05) is 0 Å². The minimum atomic E-state index is 0.929. The minimum Gasteiger partial charge on any atom is -0.234 e. The molecule has 32 heavy (non-hydrogen) atoms. The highest BCUT2D eigenvalue weighted by molar-refractivity contribution is 7.25. The van der Waals surface area contributed by atoms with Gasteiger partial charge in [-0.15, -0.1) is 22.7 Å². The van der Waals surface area contributed by atoms with Crippen molar-refractivity contribution in [3.05, 3.63) is 119 Å². The molecule has 0 aliphatic carbocycles. The molecule has 0 spiro atoms. The summed E-state index contributed by atoms with van der Waals surface area (Å²) in [7, 11) is 0. The highest BCUT2D eigenvalue weighted by Crippen LogP contribution is 2.27. The van der Waals surface area contributed by atoms with Crippen LogP contribution >= 0.6 is 22.7 Å². The molecule has 6 aromatic rings. The Morgan fingerprint density at radius 2 is 0.812 bits per heavy atom. The van der Waals surface area contributed by atoms with Crippen molar-refractivity contribution in [2.75, 3.05) is 0 Å². The van der Waals surface area contributed by atoms with E-state index in [0.29, 0.717) is 0 Å². The van der Waals surface area contributed by atoms with Crippen LogP contribution in [0.15, 0.2) is 119 Å². The second-order valence-electron chi connectivity index (χ2n) is 7.48. The van der Waals surface area contributed by atoms with Crippen LogP contribution in [0.1, 0.15) is 0 Å². The number of hydrogen-bond donors (Lipinski definition) is 0. The van der Waals surface area contributed by atoms with E-state index in [0.717, 1.165) is 31.5 Å². The van der Waals surface area contributed by atoms with Gasteiger partial charge in [-0.05, 0) is 35.0 Å². The van der Waals surface area contributed by atoms with Crippen LogP contribution in [0.2, 0.25) is 0 Å². The lowest BCUT2D eigenvalue weighted by Crippen LogP contribution is -2.19. The number of hydrogen-bond acceptors (Lipinski definition) is 4. The molecule has 6 rings (SSSR count). The summed E-state index contributed by atoms with van der Waals surface area (Å²) in [6, 6.07) is 37.8. The highest BCUT2D eigenvalue weighted by atomic mass is 32.1. The number of benzene rings is 5. The second kappa shape index (κ2) is 8.15. The third-order valence-corrected chi connectivity index (χ3v) is 7.79. The van der Waals surface area contributed by atoms with Crippen molar-refractivity contribution in [3.8, 4) is 0 Å². The number of nitrogens with zero attached hydrogens (tertiary/aromatic N) is 2. The molecular weight excluding hydrogens is 428 g/mol. The molecule has 0 fully saturated rings. The first-order chi connectivity index (χ1) is 15.8. The first-order valence-corrected chi connectivity index (χ1v) is 12.1. The van der Waals surface area contributed by atoms with Gasteiger partial charge in [0.1, 0.15) is 0 Å². The van der Waals surface area contributed by atoms with Crippen molar-refractivity contribution >= 4 is 65.0 Å². The average Bonchev–Trinajstić information content (AvgIpc) is 2.85. The SMILES string of the molecule is c1ccc2c(N=c3sc4ccccc4sc3=Nc3cccc4ccccc34)cccc2c1. The Kier molecular flexibility index (Phi) is 4.87. The second-order valence-corrected chi connectivity index (χ2v) is 9.54. The molecular formula is C28H18N2S2. The van der Waals surface area contributed by atoms with Crippen LogP contribution in [-0.4, -0.2) is 0 Å². The third kappa shape index (κ3) is 3.54. The standard InChI is InChI=1S/C28H18N2S2/c1-3-13-21-19(9-1)11-7-15-23(21)29-27-28(32-26-18-6-5-17-25(26)31-27)30-24-16-8-12-20-10-2-4-14-22(20)24/h1-18H. The molecule has 152 valence electrons. The molecule has 0 N–H and O–H groups in total. The molecule has 1 aromatic heterocycles.